The van der Waals surface area contributed by atoms with Gasteiger partial charge in [-0.05, 0) is 91.6 Å². The third kappa shape index (κ3) is 3.51. The van der Waals surface area contributed by atoms with Crippen molar-refractivity contribution in [1.82, 2.24) is 0 Å². The molecule has 0 aromatic heterocycles. The molecule has 144 valence electrons. The van der Waals surface area contributed by atoms with Crippen LogP contribution in [0.1, 0.15) is 0 Å². The summed E-state index contributed by atoms with van der Waals surface area (Å²) in [6, 6.07) is 37.5. The van der Waals surface area contributed by atoms with Crippen molar-refractivity contribution in [3.63, 3.8) is 0 Å². The van der Waals surface area contributed by atoms with E-state index in [1.165, 1.54) is 43.1 Å². The molecule has 2 nitrogen and oxygen atoms in total. The number of nitrogens with two attached hydrogens (primary N) is 2. The fourth-order valence-electron chi connectivity index (χ4n) is 3.92. The van der Waals surface area contributed by atoms with Crippen LogP contribution < -0.4 is 11.5 Å². The Labute approximate surface area is 175 Å². The molecule has 6 aromatic rings. The molecule has 0 heterocycles. The first-order chi connectivity index (χ1) is 14.7. The van der Waals surface area contributed by atoms with Gasteiger partial charge in [0, 0.05) is 11.4 Å². The van der Waals surface area contributed by atoms with Gasteiger partial charge in [0.2, 0.25) is 0 Å². The zero-order chi connectivity index (χ0) is 20.5. The van der Waals surface area contributed by atoms with Crippen LogP contribution in [0.2, 0.25) is 0 Å². The molecule has 0 saturated heterocycles. The Balaban J connectivity index is 0.000000128. The molecule has 2 heteroatoms. The van der Waals surface area contributed by atoms with Crippen molar-refractivity contribution in [2.45, 2.75) is 0 Å². The van der Waals surface area contributed by atoms with Crippen molar-refractivity contribution in [2.24, 2.45) is 0 Å². The maximum absolute atomic E-state index is 5.77. The van der Waals surface area contributed by atoms with Crippen LogP contribution in [-0.4, -0.2) is 0 Å². The predicted octanol–water partition coefficient (Wildman–Crippen LogP) is 7.15. The lowest BCUT2D eigenvalue weighted by Gasteiger charge is -2.02. The summed E-state index contributed by atoms with van der Waals surface area (Å²) < 4.78 is 0. The summed E-state index contributed by atoms with van der Waals surface area (Å²) in [7, 11) is 0. The molecular weight excluding hydrogens is 364 g/mol. The Bertz CT molecular complexity index is 1400. The van der Waals surface area contributed by atoms with Crippen LogP contribution in [0.15, 0.2) is 109 Å². The number of fused-ring (bicyclic) bond motifs is 4. The summed E-state index contributed by atoms with van der Waals surface area (Å²) in [5, 5.41) is 9.95. The maximum Gasteiger partial charge on any atom is 0.0320 e. The standard InChI is InChI=1S/2C14H11N/c2*15-14-6-5-12-7-10-3-1-2-4-11(10)8-13(12)9-14/h2*1-9H,15H2. The van der Waals surface area contributed by atoms with Crippen LogP contribution in [0.25, 0.3) is 43.1 Å². The zero-order valence-electron chi connectivity index (χ0n) is 16.5. The van der Waals surface area contributed by atoms with E-state index in [9.17, 15) is 0 Å². The summed E-state index contributed by atoms with van der Waals surface area (Å²) in [4.78, 5) is 0. The van der Waals surface area contributed by atoms with E-state index in [-0.39, 0.29) is 0 Å². The lowest BCUT2D eigenvalue weighted by atomic mass is 10.0. The number of rotatable bonds is 0. The maximum atomic E-state index is 5.77. The molecule has 0 aliphatic carbocycles. The van der Waals surface area contributed by atoms with Crippen LogP contribution in [0, 0.1) is 0 Å². The first-order valence-electron chi connectivity index (χ1n) is 10.0. The van der Waals surface area contributed by atoms with Gasteiger partial charge in [-0.15, -0.1) is 0 Å². The van der Waals surface area contributed by atoms with Crippen LogP contribution in [0.4, 0.5) is 11.4 Å². The largest absolute Gasteiger partial charge is 0.399 e. The Morgan fingerprint density at radius 2 is 0.600 bits per heavy atom. The molecule has 0 bridgehead atoms. The molecule has 6 aromatic carbocycles. The van der Waals surface area contributed by atoms with Crippen molar-refractivity contribution < 1.29 is 0 Å². The molecule has 6 rings (SSSR count). The second kappa shape index (κ2) is 7.41. The van der Waals surface area contributed by atoms with Gasteiger partial charge in [-0.3, -0.25) is 0 Å². The molecule has 0 amide bonds. The quantitative estimate of drug-likeness (QED) is 0.215. The molecule has 0 unspecified atom stereocenters. The minimum absolute atomic E-state index is 0.817. The van der Waals surface area contributed by atoms with E-state index >= 15 is 0 Å². The zero-order valence-corrected chi connectivity index (χ0v) is 16.5. The third-order valence-electron chi connectivity index (χ3n) is 5.46. The highest BCUT2D eigenvalue weighted by molar-refractivity contribution is 6.00. The van der Waals surface area contributed by atoms with Gasteiger partial charge in [-0.1, -0.05) is 60.7 Å². The van der Waals surface area contributed by atoms with E-state index in [0.717, 1.165) is 11.4 Å². The molecule has 0 fully saturated rings. The lowest BCUT2D eigenvalue weighted by molar-refractivity contribution is 1.74. The van der Waals surface area contributed by atoms with Gasteiger partial charge in [-0.25, -0.2) is 0 Å². The first-order valence-corrected chi connectivity index (χ1v) is 10.0. The monoisotopic (exact) mass is 386 g/mol. The molecule has 4 N–H and O–H groups in total. The topological polar surface area (TPSA) is 52.0 Å². The SMILES string of the molecule is Nc1ccc2cc3ccccc3cc2c1.Nc1ccc2cc3ccccc3cc2c1. The van der Waals surface area contributed by atoms with E-state index in [1.54, 1.807) is 0 Å². The van der Waals surface area contributed by atoms with E-state index in [0.29, 0.717) is 0 Å². The minimum Gasteiger partial charge on any atom is -0.399 e. The van der Waals surface area contributed by atoms with Crippen molar-refractivity contribution in [3.05, 3.63) is 109 Å². The highest BCUT2D eigenvalue weighted by atomic mass is 14.5. The number of hydrogen-bond donors (Lipinski definition) is 2. The van der Waals surface area contributed by atoms with Crippen LogP contribution in [-0.2, 0) is 0 Å². The van der Waals surface area contributed by atoms with E-state index in [4.69, 9.17) is 11.5 Å². The molecule has 0 radical (unpaired) electrons. The summed E-state index contributed by atoms with van der Waals surface area (Å²) in [6.07, 6.45) is 0. The molecule has 0 saturated carbocycles. The second-order valence-corrected chi connectivity index (χ2v) is 7.61. The molecule has 0 aliphatic heterocycles. The number of nitrogen functional groups attached to an aromatic ring is 2. The summed E-state index contributed by atoms with van der Waals surface area (Å²) in [6.45, 7) is 0. The van der Waals surface area contributed by atoms with Gasteiger partial charge in [-0.2, -0.15) is 0 Å². The smallest absolute Gasteiger partial charge is 0.0320 e. The second-order valence-electron chi connectivity index (χ2n) is 7.61. The number of hydrogen-bond acceptors (Lipinski definition) is 2. The van der Waals surface area contributed by atoms with Crippen molar-refractivity contribution in [3.8, 4) is 0 Å². The number of anilines is 2. The summed E-state index contributed by atoms with van der Waals surface area (Å²) >= 11 is 0. The Kier molecular flexibility index (Phi) is 4.45. The van der Waals surface area contributed by atoms with Crippen molar-refractivity contribution in [1.29, 1.82) is 0 Å². The van der Waals surface area contributed by atoms with Crippen molar-refractivity contribution >= 4 is 54.5 Å². The average Bonchev–Trinajstić information content (AvgIpc) is 2.76. The summed E-state index contributed by atoms with van der Waals surface area (Å²) in [5.74, 6) is 0. The van der Waals surface area contributed by atoms with Gasteiger partial charge >= 0.3 is 0 Å². The minimum atomic E-state index is 0.817. The molecule has 0 aliphatic rings. The predicted molar refractivity (Wildman–Crippen MR) is 132 cm³/mol. The number of benzene rings is 6. The average molecular weight is 386 g/mol. The van der Waals surface area contributed by atoms with Crippen LogP contribution in [0.5, 0.6) is 0 Å². The third-order valence-corrected chi connectivity index (χ3v) is 5.46. The fourth-order valence-corrected chi connectivity index (χ4v) is 3.92. The van der Waals surface area contributed by atoms with E-state index in [2.05, 4.69) is 84.9 Å². The summed E-state index contributed by atoms with van der Waals surface area (Å²) in [5.41, 5.74) is 13.2. The van der Waals surface area contributed by atoms with Crippen LogP contribution >= 0.6 is 0 Å². The van der Waals surface area contributed by atoms with Gasteiger partial charge < -0.3 is 11.5 Å². The first kappa shape index (κ1) is 18.0. The fraction of sp³-hybridized carbons (Fsp3) is 0. The highest BCUT2D eigenvalue weighted by Crippen LogP contribution is 2.25. The van der Waals surface area contributed by atoms with Gasteiger partial charge in [0.25, 0.3) is 0 Å². The molecule has 0 atom stereocenters. The van der Waals surface area contributed by atoms with Gasteiger partial charge in [0.15, 0.2) is 0 Å². The van der Waals surface area contributed by atoms with Gasteiger partial charge in [0.05, 0.1) is 0 Å². The normalized spacial score (nSPS) is 10.9. The highest BCUT2D eigenvalue weighted by Gasteiger charge is 1.98. The molecule has 0 spiro atoms. The van der Waals surface area contributed by atoms with Gasteiger partial charge in [0.1, 0.15) is 0 Å². The molecular formula is C28H22N2. The Morgan fingerprint density at radius 3 is 0.967 bits per heavy atom. The lowest BCUT2D eigenvalue weighted by Crippen LogP contribution is -1.83. The van der Waals surface area contributed by atoms with E-state index < -0.39 is 0 Å². The van der Waals surface area contributed by atoms with Crippen LogP contribution in [0.3, 0.4) is 0 Å². The van der Waals surface area contributed by atoms with Crippen molar-refractivity contribution in [2.75, 3.05) is 11.5 Å². The van der Waals surface area contributed by atoms with E-state index in [1.807, 2.05) is 24.3 Å². The Hall–Kier alpha value is -4.04. The Morgan fingerprint density at radius 1 is 0.300 bits per heavy atom. The molecule has 30 heavy (non-hydrogen) atoms.